The molecule has 0 N–H and O–H groups in total. The Morgan fingerprint density at radius 2 is 2.11 bits per heavy atom. The molecule has 2 unspecified atom stereocenters. The monoisotopic (exact) mass is 312 g/mol. The van der Waals surface area contributed by atoms with E-state index in [1.54, 1.807) is 0 Å². The molecular weight excluding hydrogens is 292 g/mol. The van der Waals surface area contributed by atoms with Crippen LogP contribution < -0.4 is 0 Å². The molecule has 2 rings (SSSR count). The zero-order valence-corrected chi connectivity index (χ0v) is 13.1. The molecule has 4 heteroatoms. The Morgan fingerprint density at radius 1 is 1.44 bits per heavy atom. The summed E-state index contributed by atoms with van der Waals surface area (Å²) in [5.41, 5.74) is 0.790. The molecule has 3 nitrogen and oxygen atoms in total. The molecule has 1 aromatic heterocycles. The van der Waals surface area contributed by atoms with E-state index in [1.165, 1.54) is 0 Å². The fraction of sp³-hybridized carbons (Fsp3) is 0.643. The van der Waals surface area contributed by atoms with Crippen molar-refractivity contribution < 1.29 is 4.79 Å². The van der Waals surface area contributed by atoms with Crippen LogP contribution in [0.15, 0.2) is 16.7 Å². The molecular formula is C14H21BrN2O. The van der Waals surface area contributed by atoms with Gasteiger partial charge in [0.15, 0.2) is 0 Å². The quantitative estimate of drug-likeness (QED) is 0.817. The Balaban J connectivity index is 2.29. The van der Waals surface area contributed by atoms with E-state index >= 15 is 0 Å². The molecule has 0 aromatic carbocycles. The first-order chi connectivity index (χ1) is 8.40. The lowest BCUT2D eigenvalue weighted by atomic mass is 10.1. The third kappa shape index (κ3) is 2.48. The molecule has 0 radical (unpaired) electrons. The number of rotatable bonds is 2. The first-order valence-corrected chi connectivity index (χ1v) is 7.37. The number of amides is 1. The lowest BCUT2D eigenvalue weighted by Gasteiger charge is -2.23. The molecule has 1 aliphatic heterocycles. The van der Waals surface area contributed by atoms with E-state index in [2.05, 4.69) is 43.6 Å². The fourth-order valence-corrected chi connectivity index (χ4v) is 3.21. The van der Waals surface area contributed by atoms with Crippen LogP contribution in [0.25, 0.3) is 0 Å². The topological polar surface area (TPSA) is 25.2 Å². The predicted octanol–water partition coefficient (Wildman–Crippen LogP) is 3.70. The summed E-state index contributed by atoms with van der Waals surface area (Å²) in [7, 11) is 0. The Bertz CT molecular complexity index is 453. The molecule has 1 aromatic rings. The van der Waals surface area contributed by atoms with Gasteiger partial charge in [-0.05, 0) is 55.1 Å². The normalized spacial score (nSPS) is 24.0. The van der Waals surface area contributed by atoms with Crippen molar-refractivity contribution in [2.75, 3.05) is 6.54 Å². The Hall–Kier alpha value is -0.770. The van der Waals surface area contributed by atoms with Crippen molar-refractivity contribution in [3.8, 4) is 0 Å². The van der Waals surface area contributed by atoms with Gasteiger partial charge in [-0.15, -0.1) is 0 Å². The molecule has 1 amide bonds. The van der Waals surface area contributed by atoms with Crippen LogP contribution in [0, 0.1) is 5.92 Å². The van der Waals surface area contributed by atoms with Crippen LogP contribution in [0.5, 0.6) is 0 Å². The highest BCUT2D eigenvalue weighted by Crippen LogP contribution is 2.27. The van der Waals surface area contributed by atoms with E-state index in [1.807, 2.05) is 21.7 Å². The number of carbonyl (C=O) groups is 1. The summed E-state index contributed by atoms with van der Waals surface area (Å²) < 4.78 is 3.02. The zero-order valence-electron chi connectivity index (χ0n) is 11.5. The number of hydrogen-bond acceptors (Lipinski definition) is 1. The standard InChI is InChI=1S/C14H21BrN2O/c1-9(2)16-8-12(15)6-13(16)14(18)17-7-10(3)5-11(17)4/h6,8-11H,5,7H2,1-4H3. The largest absolute Gasteiger partial charge is 0.340 e. The van der Waals surface area contributed by atoms with E-state index in [0.29, 0.717) is 18.0 Å². The second-order valence-corrected chi connectivity index (χ2v) is 6.61. The van der Waals surface area contributed by atoms with E-state index < -0.39 is 0 Å². The minimum Gasteiger partial charge on any atom is -0.340 e. The van der Waals surface area contributed by atoms with Gasteiger partial charge in [0.2, 0.25) is 0 Å². The molecule has 0 aliphatic carbocycles. The average molecular weight is 313 g/mol. The summed E-state index contributed by atoms with van der Waals surface area (Å²) in [5.74, 6) is 0.765. The average Bonchev–Trinajstić information content (AvgIpc) is 2.81. The van der Waals surface area contributed by atoms with Crippen molar-refractivity contribution in [2.24, 2.45) is 5.92 Å². The summed E-state index contributed by atoms with van der Waals surface area (Å²) in [6, 6.07) is 2.57. The van der Waals surface area contributed by atoms with Crippen molar-refractivity contribution in [3.63, 3.8) is 0 Å². The Labute approximate surface area is 117 Å². The molecule has 1 aliphatic rings. The number of nitrogens with zero attached hydrogens (tertiary/aromatic N) is 2. The summed E-state index contributed by atoms with van der Waals surface area (Å²) in [6.45, 7) is 9.42. The van der Waals surface area contributed by atoms with Crippen LogP contribution in [0.3, 0.4) is 0 Å². The molecule has 2 heterocycles. The van der Waals surface area contributed by atoms with Crippen molar-refractivity contribution in [3.05, 3.63) is 22.4 Å². The maximum atomic E-state index is 12.6. The lowest BCUT2D eigenvalue weighted by molar-refractivity contribution is 0.0731. The number of hydrogen-bond donors (Lipinski definition) is 0. The van der Waals surface area contributed by atoms with Crippen LogP contribution in [0.1, 0.15) is 50.6 Å². The van der Waals surface area contributed by atoms with Crippen LogP contribution in [-0.4, -0.2) is 28.0 Å². The van der Waals surface area contributed by atoms with Gasteiger partial charge in [0.25, 0.3) is 5.91 Å². The summed E-state index contributed by atoms with van der Waals surface area (Å²) in [6.07, 6.45) is 3.09. The van der Waals surface area contributed by atoms with E-state index in [9.17, 15) is 4.79 Å². The zero-order chi connectivity index (χ0) is 13.4. The maximum absolute atomic E-state index is 12.6. The van der Waals surface area contributed by atoms with Crippen LogP contribution >= 0.6 is 15.9 Å². The van der Waals surface area contributed by atoms with Crippen LogP contribution in [-0.2, 0) is 0 Å². The second kappa shape index (κ2) is 5.08. The van der Waals surface area contributed by atoms with Crippen molar-refractivity contribution in [2.45, 2.75) is 46.2 Å². The minimum atomic E-state index is 0.159. The van der Waals surface area contributed by atoms with Gasteiger partial charge in [-0.2, -0.15) is 0 Å². The first-order valence-electron chi connectivity index (χ1n) is 6.58. The minimum absolute atomic E-state index is 0.159. The number of aromatic nitrogens is 1. The van der Waals surface area contributed by atoms with Crippen LogP contribution in [0.4, 0.5) is 0 Å². The summed E-state index contributed by atoms with van der Waals surface area (Å²) >= 11 is 3.46. The van der Waals surface area contributed by atoms with E-state index in [4.69, 9.17) is 0 Å². The molecule has 100 valence electrons. The molecule has 18 heavy (non-hydrogen) atoms. The Kier molecular flexibility index (Phi) is 3.85. The highest BCUT2D eigenvalue weighted by molar-refractivity contribution is 9.10. The molecule has 0 saturated carbocycles. The van der Waals surface area contributed by atoms with Gasteiger partial charge in [-0.1, -0.05) is 6.92 Å². The molecule has 0 bridgehead atoms. The molecule has 1 saturated heterocycles. The molecule has 1 fully saturated rings. The number of halogens is 1. The fourth-order valence-electron chi connectivity index (χ4n) is 2.77. The highest BCUT2D eigenvalue weighted by Gasteiger charge is 2.32. The van der Waals surface area contributed by atoms with Crippen molar-refractivity contribution >= 4 is 21.8 Å². The third-order valence-corrected chi connectivity index (χ3v) is 4.07. The Morgan fingerprint density at radius 3 is 2.61 bits per heavy atom. The SMILES string of the molecule is CC1CC(C)N(C(=O)c2cc(Br)cn2C(C)C)C1. The highest BCUT2D eigenvalue weighted by atomic mass is 79.9. The second-order valence-electron chi connectivity index (χ2n) is 5.69. The van der Waals surface area contributed by atoms with Crippen molar-refractivity contribution in [1.29, 1.82) is 0 Å². The number of carbonyl (C=O) groups excluding carboxylic acids is 1. The van der Waals surface area contributed by atoms with Gasteiger partial charge in [0, 0.05) is 29.3 Å². The van der Waals surface area contributed by atoms with E-state index in [0.717, 1.165) is 23.1 Å². The summed E-state index contributed by atoms with van der Waals surface area (Å²) in [5, 5.41) is 0. The van der Waals surface area contributed by atoms with Crippen molar-refractivity contribution in [1.82, 2.24) is 9.47 Å². The molecule has 2 atom stereocenters. The summed E-state index contributed by atoms with van der Waals surface area (Å²) in [4.78, 5) is 14.6. The maximum Gasteiger partial charge on any atom is 0.270 e. The predicted molar refractivity (Wildman–Crippen MR) is 76.8 cm³/mol. The third-order valence-electron chi connectivity index (χ3n) is 3.64. The van der Waals surface area contributed by atoms with E-state index in [-0.39, 0.29) is 5.91 Å². The van der Waals surface area contributed by atoms with Gasteiger partial charge < -0.3 is 9.47 Å². The smallest absolute Gasteiger partial charge is 0.270 e. The lowest BCUT2D eigenvalue weighted by Crippen LogP contribution is -2.35. The van der Waals surface area contributed by atoms with Gasteiger partial charge >= 0.3 is 0 Å². The van der Waals surface area contributed by atoms with Gasteiger partial charge in [0.1, 0.15) is 5.69 Å². The van der Waals surface area contributed by atoms with Gasteiger partial charge in [-0.25, -0.2) is 0 Å². The van der Waals surface area contributed by atoms with Crippen LogP contribution in [0.2, 0.25) is 0 Å². The molecule has 0 spiro atoms. The number of likely N-dealkylation sites (tertiary alicyclic amines) is 1. The first kappa shape index (κ1) is 13.7. The van der Waals surface area contributed by atoms with Gasteiger partial charge in [0.05, 0.1) is 0 Å². The van der Waals surface area contributed by atoms with Gasteiger partial charge in [-0.3, -0.25) is 4.79 Å².